The van der Waals surface area contributed by atoms with Crippen LogP contribution < -0.4 is 0 Å². The zero-order valence-corrected chi connectivity index (χ0v) is 9.46. The highest BCUT2D eigenvalue weighted by Gasteiger charge is 2.07. The second kappa shape index (κ2) is 4.99. The molecule has 0 aliphatic heterocycles. The van der Waals surface area contributed by atoms with E-state index in [-0.39, 0.29) is 0 Å². The van der Waals surface area contributed by atoms with E-state index >= 15 is 0 Å². The average molecular weight is 188 g/mol. The Morgan fingerprint density at radius 2 is 1.71 bits per heavy atom. The molecule has 1 aromatic carbocycles. The van der Waals surface area contributed by atoms with Gasteiger partial charge in [-0.15, -0.1) is 0 Å². The summed E-state index contributed by atoms with van der Waals surface area (Å²) in [4.78, 5) is 0. The number of hydrogen-bond acceptors (Lipinski definition) is 0. The maximum atomic E-state index is 2.28. The molecule has 14 heavy (non-hydrogen) atoms. The van der Waals surface area contributed by atoms with Gasteiger partial charge in [-0.2, -0.15) is 0 Å². The molecular weight excluding hydrogens is 168 g/mol. The topological polar surface area (TPSA) is 0 Å². The van der Waals surface area contributed by atoms with Crippen LogP contribution in [-0.2, 0) is 0 Å². The largest absolute Gasteiger partial charge is 0.0839 e. The van der Waals surface area contributed by atoms with Crippen LogP contribution in [0.25, 0.3) is 6.08 Å². The molecule has 0 heteroatoms. The Labute approximate surface area is 87.7 Å². The summed E-state index contributed by atoms with van der Waals surface area (Å²) in [5, 5.41) is 0. The van der Waals surface area contributed by atoms with Crippen molar-refractivity contribution in [3.63, 3.8) is 0 Å². The molecule has 1 rings (SSSR count). The van der Waals surface area contributed by atoms with Crippen LogP contribution in [-0.4, -0.2) is 0 Å². The molecule has 0 aromatic heterocycles. The minimum Gasteiger partial charge on any atom is -0.0839 e. The zero-order valence-electron chi connectivity index (χ0n) is 9.46. The van der Waals surface area contributed by atoms with Crippen molar-refractivity contribution in [1.82, 2.24) is 0 Å². The minimum atomic E-state index is 0.445. The average Bonchev–Trinajstić information content (AvgIpc) is 2.13. The molecule has 76 valence electrons. The highest BCUT2D eigenvalue weighted by Crippen LogP contribution is 2.20. The van der Waals surface area contributed by atoms with E-state index < -0.39 is 0 Å². The molecule has 0 saturated carbocycles. The maximum absolute atomic E-state index is 2.28. The molecule has 0 fully saturated rings. The lowest BCUT2D eigenvalue weighted by Gasteiger charge is -2.15. The SMILES string of the molecule is CC(C)(C)CC/C=C/c1ccccc1. The van der Waals surface area contributed by atoms with Crippen molar-refractivity contribution in [2.45, 2.75) is 33.6 Å². The Bertz CT molecular complexity index is 275. The van der Waals surface area contributed by atoms with Crippen molar-refractivity contribution in [2.75, 3.05) is 0 Å². The summed E-state index contributed by atoms with van der Waals surface area (Å²) < 4.78 is 0. The molecule has 1 aromatic rings. The van der Waals surface area contributed by atoms with Gasteiger partial charge in [-0.05, 0) is 23.8 Å². The lowest BCUT2D eigenvalue weighted by molar-refractivity contribution is 0.382. The van der Waals surface area contributed by atoms with Gasteiger partial charge in [0.1, 0.15) is 0 Å². The summed E-state index contributed by atoms with van der Waals surface area (Å²) >= 11 is 0. The molecule has 0 radical (unpaired) electrons. The van der Waals surface area contributed by atoms with Crippen LogP contribution in [0.15, 0.2) is 36.4 Å². The van der Waals surface area contributed by atoms with Gasteiger partial charge in [-0.25, -0.2) is 0 Å². The third-order valence-corrected chi connectivity index (χ3v) is 2.17. The van der Waals surface area contributed by atoms with Crippen LogP contribution in [0.4, 0.5) is 0 Å². The molecule has 0 nitrogen and oxygen atoms in total. The van der Waals surface area contributed by atoms with Gasteiger partial charge in [-0.3, -0.25) is 0 Å². The van der Waals surface area contributed by atoms with Gasteiger partial charge >= 0.3 is 0 Å². The molecule has 0 bridgehead atoms. The lowest BCUT2D eigenvalue weighted by atomic mass is 9.90. The first-order chi connectivity index (χ1) is 6.58. The number of allylic oxidation sites excluding steroid dienone is 1. The number of rotatable bonds is 3. The van der Waals surface area contributed by atoms with Crippen LogP contribution in [0, 0.1) is 5.41 Å². The molecule has 0 saturated heterocycles. The zero-order chi connectivity index (χ0) is 10.4. The lowest BCUT2D eigenvalue weighted by Crippen LogP contribution is -2.02. The summed E-state index contributed by atoms with van der Waals surface area (Å²) in [6, 6.07) is 10.5. The summed E-state index contributed by atoms with van der Waals surface area (Å²) in [5.41, 5.74) is 1.74. The second-order valence-corrected chi connectivity index (χ2v) is 4.91. The van der Waals surface area contributed by atoms with Gasteiger partial charge in [0.2, 0.25) is 0 Å². The monoisotopic (exact) mass is 188 g/mol. The van der Waals surface area contributed by atoms with Crippen molar-refractivity contribution in [1.29, 1.82) is 0 Å². The van der Waals surface area contributed by atoms with E-state index in [9.17, 15) is 0 Å². The summed E-state index contributed by atoms with van der Waals surface area (Å²) in [5.74, 6) is 0. The first-order valence-electron chi connectivity index (χ1n) is 5.29. The van der Waals surface area contributed by atoms with E-state index in [2.05, 4.69) is 57.2 Å². The van der Waals surface area contributed by atoms with Crippen LogP contribution in [0.1, 0.15) is 39.2 Å². The van der Waals surface area contributed by atoms with Gasteiger partial charge in [0.15, 0.2) is 0 Å². The highest BCUT2D eigenvalue weighted by molar-refractivity contribution is 5.48. The third-order valence-electron chi connectivity index (χ3n) is 2.17. The summed E-state index contributed by atoms with van der Waals surface area (Å²) in [6.45, 7) is 6.84. The molecule has 0 unspecified atom stereocenters. The smallest absolute Gasteiger partial charge is 0.0260 e. The van der Waals surface area contributed by atoms with Crippen molar-refractivity contribution in [3.8, 4) is 0 Å². The van der Waals surface area contributed by atoms with Gasteiger partial charge < -0.3 is 0 Å². The van der Waals surface area contributed by atoms with E-state index in [0.717, 1.165) is 0 Å². The fraction of sp³-hybridized carbons (Fsp3) is 0.429. The maximum Gasteiger partial charge on any atom is -0.0260 e. The van der Waals surface area contributed by atoms with Crippen molar-refractivity contribution >= 4 is 6.08 Å². The molecule has 0 amide bonds. The Kier molecular flexibility index (Phi) is 3.94. The van der Waals surface area contributed by atoms with E-state index in [0.29, 0.717) is 5.41 Å². The van der Waals surface area contributed by atoms with Gasteiger partial charge in [-0.1, -0.05) is 63.3 Å². The first kappa shape index (κ1) is 11.0. The third kappa shape index (κ3) is 4.86. The van der Waals surface area contributed by atoms with E-state index in [1.165, 1.54) is 18.4 Å². The van der Waals surface area contributed by atoms with Crippen molar-refractivity contribution < 1.29 is 0 Å². The molecule has 0 aliphatic rings. The van der Waals surface area contributed by atoms with Gasteiger partial charge in [0, 0.05) is 0 Å². The second-order valence-electron chi connectivity index (χ2n) is 4.91. The van der Waals surface area contributed by atoms with Crippen LogP contribution in [0.2, 0.25) is 0 Å². The number of benzene rings is 1. The normalized spacial score (nSPS) is 12.2. The van der Waals surface area contributed by atoms with Gasteiger partial charge in [0.25, 0.3) is 0 Å². The molecule has 0 spiro atoms. The van der Waals surface area contributed by atoms with E-state index in [1.807, 2.05) is 6.07 Å². The quantitative estimate of drug-likeness (QED) is 0.654. The first-order valence-corrected chi connectivity index (χ1v) is 5.29. The Morgan fingerprint density at radius 1 is 1.07 bits per heavy atom. The molecule has 0 heterocycles. The van der Waals surface area contributed by atoms with Crippen molar-refractivity contribution in [2.24, 2.45) is 5.41 Å². The van der Waals surface area contributed by atoms with Gasteiger partial charge in [0.05, 0.1) is 0 Å². The summed E-state index contributed by atoms with van der Waals surface area (Å²) in [7, 11) is 0. The Hall–Kier alpha value is -1.04. The Balaban J connectivity index is 2.35. The van der Waals surface area contributed by atoms with Crippen LogP contribution >= 0.6 is 0 Å². The fourth-order valence-corrected chi connectivity index (χ4v) is 1.30. The van der Waals surface area contributed by atoms with Crippen molar-refractivity contribution in [3.05, 3.63) is 42.0 Å². The van der Waals surface area contributed by atoms with Crippen LogP contribution in [0.3, 0.4) is 0 Å². The summed E-state index contributed by atoms with van der Waals surface area (Å²) in [6.07, 6.45) is 6.88. The van der Waals surface area contributed by atoms with Crippen LogP contribution in [0.5, 0.6) is 0 Å². The van der Waals surface area contributed by atoms with E-state index in [1.54, 1.807) is 0 Å². The minimum absolute atomic E-state index is 0.445. The predicted octanol–water partition coefficient (Wildman–Crippen LogP) is 4.53. The predicted molar refractivity (Wildman–Crippen MR) is 64.2 cm³/mol. The molecule has 0 aliphatic carbocycles. The highest BCUT2D eigenvalue weighted by atomic mass is 14.1. The molecule has 0 atom stereocenters. The standard InChI is InChI=1S/C14H20/c1-14(2,3)12-8-7-11-13-9-5-4-6-10-13/h4-7,9-11H,8,12H2,1-3H3/b11-7+. The molecular formula is C14H20. The Morgan fingerprint density at radius 3 is 2.29 bits per heavy atom. The number of hydrogen-bond donors (Lipinski definition) is 0. The van der Waals surface area contributed by atoms with E-state index in [4.69, 9.17) is 0 Å². The molecule has 0 N–H and O–H groups in total. The fourth-order valence-electron chi connectivity index (χ4n) is 1.30.